The minimum Gasteiger partial charge on any atom is -0.391 e. The summed E-state index contributed by atoms with van der Waals surface area (Å²) in [5.74, 6) is -0.167. The number of aliphatic hydroxyl groups excluding tert-OH is 1. The third kappa shape index (κ3) is 45.4. The van der Waals surface area contributed by atoms with E-state index in [1.54, 1.807) is 0 Å². The second kappa shape index (κ2) is 43.7. The molecule has 62 heavy (non-hydrogen) atoms. The summed E-state index contributed by atoms with van der Waals surface area (Å²) in [6, 6.07) is -0.773. The Balaban J connectivity index is 4.18. The van der Waals surface area contributed by atoms with Crippen molar-refractivity contribution in [2.24, 2.45) is 0 Å². The third-order valence-corrected chi connectivity index (χ3v) is 11.3. The molecule has 0 rings (SSSR count). The molecule has 3 unspecified atom stereocenters. The number of hydrogen-bond donors (Lipinski definition) is 3. The summed E-state index contributed by atoms with van der Waals surface area (Å²) in [4.78, 5) is 23.1. The van der Waals surface area contributed by atoms with Crippen molar-refractivity contribution in [3.05, 3.63) is 97.2 Å². The largest absolute Gasteiger partial charge is 0.472 e. The van der Waals surface area contributed by atoms with E-state index in [0.29, 0.717) is 23.9 Å². The Morgan fingerprint density at radius 1 is 0.565 bits per heavy atom. The van der Waals surface area contributed by atoms with Crippen molar-refractivity contribution in [2.75, 3.05) is 40.9 Å². The second-order valence-electron chi connectivity index (χ2n) is 17.5. The van der Waals surface area contributed by atoms with Crippen LogP contribution in [0.4, 0.5) is 0 Å². The van der Waals surface area contributed by atoms with Gasteiger partial charge in [0.25, 0.3) is 0 Å². The first-order valence-corrected chi connectivity index (χ1v) is 26.1. The van der Waals surface area contributed by atoms with Crippen LogP contribution < -0.4 is 5.32 Å². The number of carbonyl (C=O) groups excluding carboxylic acids is 1. The molecule has 0 fully saturated rings. The van der Waals surface area contributed by atoms with E-state index >= 15 is 0 Å². The smallest absolute Gasteiger partial charge is 0.391 e. The molecule has 0 saturated heterocycles. The average Bonchev–Trinajstić information content (AvgIpc) is 3.23. The Morgan fingerprint density at radius 2 is 0.968 bits per heavy atom. The molecule has 0 aromatic rings. The lowest BCUT2D eigenvalue weighted by atomic mass is 10.0. The molecule has 0 aromatic heterocycles. The zero-order chi connectivity index (χ0) is 45.7. The lowest BCUT2D eigenvalue weighted by Crippen LogP contribution is -2.46. The summed E-state index contributed by atoms with van der Waals surface area (Å²) in [7, 11) is 1.59. The Hall–Kier alpha value is -2.58. The van der Waals surface area contributed by atoms with E-state index in [-0.39, 0.29) is 19.1 Å². The van der Waals surface area contributed by atoms with Crippen LogP contribution in [0.2, 0.25) is 0 Å². The van der Waals surface area contributed by atoms with Crippen molar-refractivity contribution in [3.63, 3.8) is 0 Å². The Labute approximate surface area is 381 Å². The molecule has 0 bridgehead atoms. The van der Waals surface area contributed by atoms with Gasteiger partial charge in [-0.15, -0.1) is 0 Å². The molecule has 0 saturated carbocycles. The Morgan fingerprint density at radius 3 is 1.42 bits per heavy atom. The minimum atomic E-state index is -4.32. The number of hydrogen-bond acceptors (Lipinski definition) is 5. The van der Waals surface area contributed by atoms with Crippen molar-refractivity contribution in [1.82, 2.24) is 5.32 Å². The van der Waals surface area contributed by atoms with Crippen LogP contribution in [0.15, 0.2) is 97.2 Å². The number of carbonyl (C=O) groups is 1. The second-order valence-corrected chi connectivity index (χ2v) is 18.9. The van der Waals surface area contributed by atoms with Gasteiger partial charge < -0.3 is 19.8 Å². The molecule has 1 amide bonds. The number of unbranched alkanes of at least 4 members (excludes halogenated alkanes) is 14. The van der Waals surface area contributed by atoms with Gasteiger partial charge in [-0.25, -0.2) is 4.57 Å². The van der Waals surface area contributed by atoms with Gasteiger partial charge in [0.05, 0.1) is 39.9 Å². The molecule has 3 atom stereocenters. The van der Waals surface area contributed by atoms with Crippen LogP contribution in [0.5, 0.6) is 0 Å². The number of rotatable bonds is 43. The predicted molar refractivity (Wildman–Crippen MR) is 267 cm³/mol. The van der Waals surface area contributed by atoms with Gasteiger partial charge in [-0.1, -0.05) is 195 Å². The van der Waals surface area contributed by atoms with Gasteiger partial charge in [0.2, 0.25) is 5.91 Å². The van der Waals surface area contributed by atoms with Crippen molar-refractivity contribution in [3.8, 4) is 0 Å². The SMILES string of the molecule is CC/C=C\C/C=C\C/C=C\C/C=C\C/C=C\C/C=C\C/C=C\C/C=C\CCCCCCCCC(=O)NC(COP(=O)(O)OCC[N+](C)(C)C)C(O)CCCCCCCCCCC. The summed E-state index contributed by atoms with van der Waals surface area (Å²) in [5, 5.41) is 13.9. The van der Waals surface area contributed by atoms with E-state index in [2.05, 4.69) is 116 Å². The molecule has 0 aliphatic rings. The standard InChI is InChI=1S/C53H93N2O6P/c1-6-8-10-12-14-16-17-18-19-20-21-22-23-24-25-26-27-28-29-30-31-32-33-34-35-36-37-39-41-43-45-47-53(57)54-51(50-61-62(58,59)60-49-48-55(3,4)5)52(56)46-44-42-40-38-15-13-11-9-7-2/h8,10,14,16,18-19,21-22,24-25,27-28,30-31,33-34,51-52,56H,6-7,9,11-13,15,17,20,23,26,29,32,35-50H2,1-5H3,(H-,54,57,58,59)/p+1/b10-8-,16-14-,19-18-,22-21-,25-24-,28-27-,31-30-,34-33-. The van der Waals surface area contributed by atoms with Gasteiger partial charge in [0.15, 0.2) is 0 Å². The summed E-state index contributed by atoms with van der Waals surface area (Å²) in [5.41, 5.74) is 0. The molecule has 0 heterocycles. The van der Waals surface area contributed by atoms with Crippen molar-refractivity contribution < 1.29 is 32.9 Å². The summed E-state index contributed by atoms with van der Waals surface area (Å²) in [6.45, 7) is 4.71. The maximum Gasteiger partial charge on any atom is 0.472 e. The molecule has 0 radical (unpaired) electrons. The van der Waals surface area contributed by atoms with Crippen LogP contribution >= 0.6 is 7.82 Å². The average molecular weight is 886 g/mol. The fourth-order valence-corrected chi connectivity index (χ4v) is 7.21. The summed E-state index contributed by atoms with van der Waals surface area (Å²) in [6.07, 6.45) is 61.7. The monoisotopic (exact) mass is 886 g/mol. The fourth-order valence-electron chi connectivity index (χ4n) is 6.47. The van der Waals surface area contributed by atoms with Crippen LogP contribution in [0.3, 0.4) is 0 Å². The van der Waals surface area contributed by atoms with Gasteiger partial charge >= 0.3 is 7.82 Å². The molecule has 3 N–H and O–H groups in total. The predicted octanol–water partition coefficient (Wildman–Crippen LogP) is 14.3. The van der Waals surface area contributed by atoms with Gasteiger partial charge in [-0.05, 0) is 77.0 Å². The van der Waals surface area contributed by atoms with Crippen LogP contribution in [0, 0.1) is 0 Å². The number of likely N-dealkylation sites (N-methyl/N-ethyl adjacent to an activating group) is 1. The first-order chi connectivity index (χ1) is 30.0. The fraction of sp³-hybridized carbons (Fsp3) is 0.679. The summed E-state index contributed by atoms with van der Waals surface area (Å²) < 4.78 is 23.6. The lowest BCUT2D eigenvalue weighted by Gasteiger charge is -2.26. The molecule has 0 aliphatic heterocycles. The van der Waals surface area contributed by atoms with E-state index in [1.165, 1.54) is 51.4 Å². The highest BCUT2D eigenvalue weighted by atomic mass is 31.2. The molecule has 9 heteroatoms. The molecular formula is C53H94N2O6P+. The number of phosphoric acid groups is 1. The number of nitrogens with one attached hydrogen (secondary N) is 1. The topological polar surface area (TPSA) is 105 Å². The highest BCUT2D eigenvalue weighted by molar-refractivity contribution is 7.47. The zero-order valence-electron chi connectivity index (χ0n) is 40.3. The van der Waals surface area contributed by atoms with Crippen LogP contribution in [-0.2, 0) is 18.4 Å². The highest BCUT2D eigenvalue weighted by Crippen LogP contribution is 2.43. The number of phosphoric ester groups is 1. The van der Waals surface area contributed by atoms with E-state index < -0.39 is 20.0 Å². The van der Waals surface area contributed by atoms with Crippen LogP contribution in [-0.4, -0.2) is 73.4 Å². The van der Waals surface area contributed by atoms with Crippen molar-refractivity contribution >= 4 is 13.7 Å². The first kappa shape index (κ1) is 59.4. The van der Waals surface area contributed by atoms with E-state index in [1.807, 2.05) is 21.1 Å². The van der Waals surface area contributed by atoms with Gasteiger partial charge in [0, 0.05) is 6.42 Å². The first-order valence-electron chi connectivity index (χ1n) is 24.6. The molecule has 0 spiro atoms. The van der Waals surface area contributed by atoms with E-state index in [9.17, 15) is 19.4 Å². The number of aliphatic hydroxyl groups is 1. The van der Waals surface area contributed by atoms with Crippen LogP contribution in [0.1, 0.15) is 181 Å². The summed E-state index contributed by atoms with van der Waals surface area (Å²) >= 11 is 0. The maximum atomic E-state index is 12.9. The zero-order valence-corrected chi connectivity index (χ0v) is 41.2. The number of allylic oxidation sites excluding steroid dienone is 16. The van der Waals surface area contributed by atoms with Crippen molar-refractivity contribution in [1.29, 1.82) is 0 Å². The number of quaternary nitrogens is 1. The number of amides is 1. The highest BCUT2D eigenvalue weighted by Gasteiger charge is 2.28. The molecule has 0 aromatic carbocycles. The Kier molecular flexibility index (Phi) is 41.8. The van der Waals surface area contributed by atoms with Crippen LogP contribution in [0.25, 0.3) is 0 Å². The van der Waals surface area contributed by atoms with Gasteiger partial charge in [-0.3, -0.25) is 13.8 Å². The normalized spacial score (nSPS) is 15.0. The molecular weight excluding hydrogens is 792 g/mol. The quantitative estimate of drug-likeness (QED) is 0.0244. The molecule has 0 aliphatic carbocycles. The third-order valence-electron chi connectivity index (χ3n) is 10.3. The maximum absolute atomic E-state index is 12.9. The number of nitrogens with zero attached hydrogens (tertiary/aromatic N) is 1. The van der Waals surface area contributed by atoms with Gasteiger partial charge in [-0.2, -0.15) is 0 Å². The van der Waals surface area contributed by atoms with E-state index in [4.69, 9.17) is 9.05 Å². The Bertz CT molecular complexity index is 1330. The minimum absolute atomic E-state index is 0.0659. The van der Waals surface area contributed by atoms with Gasteiger partial charge in [0.1, 0.15) is 13.2 Å². The molecule has 8 nitrogen and oxygen atoms in total. The molecule has 356 valence electrons. The lowest BCUT2D eigenvalue weighted by molar-refractivity contribution is -0.870. The van der Waals surface area contributed by atoms with E-state index in [0.717, 1.165) is 103 Å². The van der Waals surface area contributed by atoms with Crippen molar-refractivity contribution in [2.45, 2.75) is 193 Å².